The molecule has 4 saturated carbocycles. The SMILES string of the molecule is CCOc1ccccc1S(=O)(=O)NCC1(OC)C2CC3CC(C2)CC1C3. The summed E-state index contributed by atoms with van der Waals surface area (Å²) in [6.45, 7) is 2.63. The molecular weight excluding hydrogens is 350 g/mol. The van der Waals surface area contributed by atoms with E-state index in [-0.39, 0.29) is 10.5 Å². The number of hydrogen-bond acceptors (Lipinski definition) is 4. The number of nitrogens with one attached hydrogen (secondary N) is 1. The van der Waals surface area contributed by atoms with Gasteiger partial charge in [-0.05, 0) is 74.8 Å². The Morgan fingerprint density at radius 2 is 1.69 bits per heavy atom. The normalized spacial score (nSPS) is 35.6. The van der Waals surface area contributed by atoms with E-state index in [1.807, 2.05) is 6.92 Å². The van der Waals surface area contributed by atoms with Crippen LogP contribution in [0.1, 0.15) is 39.0 Å². The average Bonchev–Trinajstić information content (AvgIpc) is 2.62. The number of sulfonamides is 1. The lowest BCUT2D eigenvalue weighted by atomic mass is 9.50. The van der Waals surface area contributed by atoms with Crippen molar-refractivity contribution in [3.63, 3.8) is 0 Å². The first kappa shape index (κ1) is 18.3. The largest absolute Gasteiger partial charge is 0.492 e. The topological polar surface area (TPSA) is 64.6 Å². The molecule has 0 aromatic heterocycles. The molecule has 6 heteroatoms. The third-order valence-corrected chi connectivity index (χ3v) is 8.32. The zero-order chi connectivity index (χ0) is 18.4. The molecule has 0 saturated heterocycles. The van der Waals surface area contributed by atoms with Gasteiger partial charge >= 0.3 is 0 Å². The van der Waals surface area contributed by atoms with Gasteiger partial charge in [0.05, 0.1) is 12.2 Å². The number of ether oxygens (including phenoxy) is 2. The second-order valence-corrected chi connectivity index (χ2v) is 9.90. The first-order valence-electron chi connectivity index (χ1n) is 9.75. The van der Waals surface area contributed by atoms with E-state index < -0.39 is 10.0 Å². The summed E-state index contributed by atoms with van der Waals surface area (Å²) in [5.74, 6) is 2.97. The standard InChI is InChI=1S/C20H29NO4S/c1-3-25-18-6-4-5-7-19(18)26(22,23)21-13-20(24-2)16-9-14-8-15(11-16)12-17(20)10-14/h4-7,14-17,21H,3,8-13H2,1-2H3. The van der Waals surface area contributed by atoms with Crippen LogP contribution in [0.3, 0.4) is 0 Å². The van der Waals surface area contributed by atoms with Crippen LogP contribution in [0.2, 0.25) is 0 Å². The third kappa shape index (κ3) is 2.96. The molecule has 144 valence electrons. The fraction of sp³-hybridized carbons (Fsp3) is 0.700. The fourth-order valence-corrected chi connectivity index (χ4v) is 7.13. The van der Waals surface area contributed by atoms with E-state index in [4.69, 9.17) is 9.47 Å². The molecule has 0 atom stereocenters. The monoisotopic (exact) mass is 379 g/mol. The summed E-state index contributed by atoms with van der Waals surface area (Å²) in [6.07, 6.45) is 6.08. The van der Waals surface area contributed by atoms with Gasteiger partial charge in [0.2, 0.25) is 10.0 Å². The highest BCUT2D eigenvalue weighted by Gasteiger charge is 2.57. The highest BCUT2D eigenvalue weighted by Crippen LogP contribution is 2.59. The quantitative estimate of drug-likeness (QED) is 0.790. The van der Waals surface area contributed by atoms with Crippen LogP contribution in [0.25, 0.3) is 0 Å². The third-order valence-electron chi connectivity index (χ3n) is 6.88. The van der Waals surface area contributed by atoms with Crippen molar-refractivity contribution in [3.8, 4) is 5.75 Å². The van der Waals surface area contributed by atoms with Crippen LogP contribution in [-0.2, 0) is 14.8 Å². The van der Waals surface area contributed by atoms with Gasteiger partial charge in [0.15, 0.2) is 0 Å². The first-order valence-corrected chi connectivity index (χ1v) is 11.2. The molecule has 4 bridgehead atoms. The lowest BCUT2D eigenvalue weighted by Crippen LogP contribution is -2.63. The van der Waals surface area contributed by atoms with Crippen LogP contribution in [0, 0.1) is 23.7 Å². The molecule has 5 nitrogen and oxygen atoms in total. The zero-order valence-electron chi connectivity index (χ0n) is 15.6. The van der Waals surface area contributed by atoms with Gasteiger partial charge < -0.3 is 9.47 Å². The van der Waals surface area contributed by atoms with E-state index >= 15 is 0 Å². The number of benzene rings is 1. The number of para-hydroxylation sites is 1. The molecular formula is C20H29NO4S. The van der Waals surface area contributed by atoms with Crippen molar-refractivity contribution in [2.24, 2.45) is 23.7 Å². The van der Waals surface area contributed by atoms with Crippen molar-refractivity contribution < 1.29 is 17.9 Å². The summed E-state index contributed by atoms with van der Waals surface area (Å²) >= 11 is 0. The molecule has 1 aromatic rings. The van der Waals surface area contributed by atoms with Crippen LogP contribution < -0.4 is 9.46 Å². The molecule has 4 aliphatic carbocycles. The molecule has 0 unspecified atom stereocenters. The molecule has 1 aromatic carbocycles. The van der Waals surface area contributed by atoms with E-state index in [9.17, 15) is 8.42 Å². The van der Waals surface area contributed by atoms with Crippen molar-refractivity contribution in [2.75, 3.05) is 20.3 Å². The summed E-state index contributed by atoms with van der Waals surface area (Å²) in [6, 6.07) is 6.82. The minimum Gasteiger partial charge on any atom is -0.492 e. The van der Waals surface area contributed by atoms with E-state index in [0.717, 1.165) is 11.8 Å². The maximum absolute atomic E-state index is 13.0. The lowest BCUT2D eigenvalue weighted by Gasteiger charge is -2.60. The van der Waals surface area contributed by atoms with Gasteiger partial charge in [0, 0.05) is 13.7 Å². The fourth-order valence-electron chi connectivity index (χ4n) is 5.91. The Balaban J connectivity index is 1.56. The minimum absolute atomic E-state index is 0.205. The number of methoxy groups -OCH3 is 1. The highest BCUT2D eigenvalue weighted by molar-refractivity contribution is 7.89. The van der Waals surface area contributed by atoms with Crippen molar-refractivity contribution in [3.05, 3.63) is 24.3 Å². The Labute approximate surface area is 156 Å². The molecule has 0 radical (unpaired) electrons. The van der Waals surface area contributed by atoms with Crippen molar-refractivity contribution >= 4 is 10.0 Å². The summed E-state index contributed by atoms with van der Waals surface area (Å²) in [7, 11) is -1.89. The summed E-state index contributed by atoms with van der Waals surface area (Å²) in [4.78, 5) is 0.205. The molecule has 0 aliphatic heterocycles. The maximum Gasteiger partial charge on any atom is 0.244 e. The Morgan fingerprint density at radius 1 is 1.08 bits per heavy atom. The second-order valence-electron chi connectivity index (χ2n) is 8.17. The molecule has 5 rings (SSSR count). The predicted octanol–water partition coefficient (Wildman–Crippen LogP) is 3.20. The van der Waals surface area contributed by atoms with Crippen LogP contribution in [-0.4, -0.2) is 34.3 Å². The van der Waals surface area contributed by atoms with Crippen molar-refractivity contribution in [1.29, 1.82) is 0 Å². The van der Waals surface area contributed by atoms with E-state index in [1.165, 1.54) is 32.1 Å². The number of rotatable bonds is 7. The number of hydrogen-bond donors (Lipinski definition) is 1. The van der Waals surface area contributed by atoms with Gasteiger partial charge in [-0.25, -0.2) is 13.1 Å². The molecule has 0 spiro atoms. The second kappa shape index (κ2) is 6.80. The predicted molar refractivity (Wildman–Crippen MR) is 99.6 cm³/mol. The van der Waals surface area contributed by atoms with Crippen molar-refractivity contribution in [1.82, 2.24) is 4.72 Å². The maximum atomic E-state index is 13.0. The molecule has 0 amide bonds. The van der Waals surface area contributed by atoms with Crippen LogP contribution >= 0.6 is 0 Å². The van der Waals surface area contributed by atoms with Gasteiger partial charge in [-0.2, -0.15) is 0 Å². The van der Waals surface area contributed by atoms with Gasteiger partial charge in [-0.1, -0.05) is 12.1 Å². The van der Waals surface area contributed by atoms with E-state index in [0.29, 0.717) is 30.7 Å². The molecule has 1 N–H and O–H groups in total. The van der Waals surface area contributed by atoms with Crippen LogP contribution in [0.15, 0.2) is 29.2 Å². The van der Waals surface area contributed by atoms with E-state index in [2.05, 4.69) is 4.72 Å². The van der Waals surface area contributed by atoms with Gasteiger partial charge in [0.25, 0.3) is 0 Å². The molecule has 4 aliphatic rings. The van der Waals surface area contributed by atoms with Gasteiger partial charge in [0.1, 0.15) is 10.6 Å². The lowest BCUT2D eigenvalue weighted by molar-refractivity contribution is -0.185. The van der Waals surface area contributed by atoms with Crippen molar-refractivity contribution in [2.45, 2.75) is 49.5 Å². The van der Waals surface area contributed by atoms with Crippen LogP contribution in [0.5, 0.6) is 5.75 Å². The Hall–Kier alpha value is -1.11. The Kier molecular flexibility index (Phi) is 4.78. The van der Waals surface area contributed by atoms with E-state index in [1.54, 1.807) is 31.4 Å². The zero-order valence-corrected chi connectivity index (χ0v) is 16.4. The Morgan fingerprint density at radius 3 is 2.27 bits per heavy atom. The Bertz CT molecular complexity index is 733. The average molecular weight is 380 g/mol. The van der Waals surface area contributed by atoms with Crippen LogP contribution in [0.4, 0.5) is 0 Å². The van der Waals surface area contributed by atoms with Gasteiger partial charge in [-0.3, -0.25) is 0 Å². The molecule has 26 heavy (non-hydrogen) atoms. The highest BCUT2D eigenvalue weighted by atomic mass is 32.2. The first-order chi connectivity index (χ1) is 12.5. The summed E-state index contributed by atoms with van der Waals surface area (Å²) in [5, 5.41) is 0. The molecule has 4 fully saturated rings. The summed E-state index contributed by atoms with van der Waals surface area (Å²) < 4.78 is 40.4. The minimum atomic E-state index is -3.65. The van der Waals surface area contributed by atoms with Gasteiger partial charge in [-0.15, -0.1) is 0 Å². The summed E-state index contributed by atoms with van der Waals surface area (Å²) in [5.41, 5.74) is -0.360. The molecule has 0 heterocycles. The smallest absolute Gasteiger partial charge is 0.244 e.